The number of aryl methyl sites for hydroxylation is 1. The number of nitrogens with zero attached hydrogens (tertiary/aromatic N) is 3. The topological polar surface area (TPSA) is 219 Å². The van der Waals surface area contributed by atoms with E-state index in [1.54, 1.807) is 26.0 Å². The molecule has 4 N–H and O–H groups in total. The normalized spacial score (nSPS) is 11.5. The minimum absolute atomic E-state index is 0.0498. The largest absolute Gasteiger partial charge is 0.481 e. The second-order valence-electron chi connectivity index (χ2n) is 9.04. The molecule has 0 unspecified atom stereocenters. The Bertz CT molecular complexity index is 1440. The van der Waals surface area contributed by atoms with Crippen LogP contribution in [0.2, 0.25) is 0 Å². The number of rotatable bonds is 12. The van der Waals surface area contributed by atoms with Gasteiger partial charge in [0.2, 0.25) is 0 Å². The Morgan fingerprint density at radius 2 is 1.67 bits per heavy atom. The van der Waals surface area contributed by atoms with Crippen molar-refractivity contribution in [3.8, 4) is 11.1 Å². The Kier molecular flexibility index (Phi) is 11.4. The van der Waals surface area contributed by atoms with Gasteiger partial charge in [-0.05, 0) is 29.0 Å². The van der Waals surface area contributed by atoms with Crippen molar-refractivity contribution >= 4 is 29.7 Å². The first-order chi connectivity index (χ1) is 19.7. The number of nitro groups is 1. The van der Waals surface area contributed by atoms with Crippen molar-refractivity contribution in [2.75, 3.05) is 6.61 Å². The molecule has 0 saturated heterocycles. The summed E-state index contributed by atoms with van der Waals surface area (Å²) in [6, 6.07) is 13.8. The average Bonchev–Trinajstić information content (AvgIpc) is 3.28. The summed E-state index contributed by atoms with van der Waals surface area (Å²) in [5.41, 5.74) is -1.03. The van der Waals surface area contributed by atoms with Crippen LogP contribution in [0.1, 0.15) is 37.1 Å². The molecule has 0 saturated carbocycles. The van der Waals surface area contributed by atoms with Crippen LogP contribution in [0, 0.1) is 22.9 Å². The number of hydrogen-bond donors (Lipinski definition) is 4. The maximum atomic E-state index is 14.5. The van der Waals surface area contributed by atoms with Gasteiger partial charge < -0.3 is 35.3 Å². The number of aromatic nitrogens is 2. The van der Waals surface area contributed by atoms with Crippen molar-refractivity contribution in [1.29, 1.82) is 0 Å². The fourth-order valence-electron chi connectivity index (χ4n) is 3.74. The number of ether oxygens (including phenoxy) is 1. The van der Waals surface area contributed by atoms with Gasteiger partial charge in [0.05, 0.1) is 18.8 Å². The van der Waals surface area contributed by atoms with Crippen molar-refractivity contribution in [1.82, 2.24) is 9.55 Å². The van der Waals surface area contributed by atoms with Crippen LogP contribution in [0.3, 0.4) is 0 Å². The van der Waals surface area contributed by atoms with E-state index in [2.05, 4.69) is 4.98 Å². The van der Waals surface area contributed by atoms with Gasteiger partial charge in [0.25, 0.3) is 0 Å². The molecule has 14 nitrogen and oxygen atoms in total. The number of aliphatic carboxylic acids is 3. The highest BCUT2D eigenvalue weighted by molar-refractivity contribution is 5.88. The zero-order chi connectivity index (χ0) is 31.6. The van der Waals surface area contributed by atoms with Gasteiger partial charge in [0.15, 0.2) is 11.4 Å². The Labute approximate surface area is 237 Å². The van der Waals surface area contributed by atoms with Gasteiger partial charge in [-0.3, -0.25) is 14.4 Å². The molecular weight excluding hydrogens is 561 g/mol. The molecule has 0 amide bonds. The van der Waals surface area contributed by atoms with E-state index in [1.165, 1.54) is 10.6 Å². The number of halogens is 1. The second-order valence-corrected chi connectivity index (χ2v) is 9.04. The molecule has 1 atom stereocenters. The van der Waals surface area contributed by atoms with Crippen LogP contribution in [-0.2, 0) is 30.5 Å². The van der Waals surface area contributed by atoms with E-state index in [-0.39, 0.29) is 19.0 Å². The minimum Gasteiger partial charge on any atom is -0.481 e. The zero-order valence-electron chi connectivity index (χ0n) is 22.5. The van der Waals surface area contributed by atoms with E-state index in [9.17, 15) is 33.7 Å². The van der Waals surface area contributed by atoms with Gasteiger partial charge >= 0.3 is 29.7 Å². The van der Waals surface area contributed by atoms with Gasteiger partial charge in [-0.15, -0.1) is 0 Å². The third-order valence-electron chi connectivity index (χ3n) is 6.00. The number of carbonyl (C=O) groups excluding carboxylic acids is 1. The molecule has 42 heavy (non-hydrogen) atoms. The maximum Gasteiger partial charge on any atom is 0.342 e. The summed E-state index contributed by atoms with van der Waals surface area (Å²) in [5.74, 6) is -6.34. The Morgan fingerprint density at radius 1 is 1.07 bits per heavy atom. The summed E-state index contributed by atoms with van der Waals surface area (Å²) in [6.45, 7) is 3.33. The Morgan fingerprint density at radius 3 is 2.17 bits per heavy atom. The van der Waals surface area contributed by atoms with Crippen LogP contribution >= 0.6 is 0 Å². The van der Waals surface area contributed by atoms with Crippen LogP contribution < -0.4 is 0 Å². The highest BCUT2D eigenvalue weighted by Crippen LogP contribution is 2.27. The summed E-state index contributed by atoms with van der Waals surface area (Å²) in [6.07, 6.45) is -1.12. The quantitative estimate of drug-likeness (QED) is 0.136. The lowest BCUT2D eigenvalue weighted by Gasteiger charge is -2.18. The van der Waals surface area contributed by atoms with E-state index in [0.717, 1.165) is 11.8 Å². The molecule has 0 spiro atoms. The van der Waals surface area contributed by atoms with Crippen molar-refractivity contribution in [3.63, 3.8) is 0 Å². The lowest BCUT2D eigenvalue weighted by molar-refractivity contribution is -0.392. The maximum absolute atomic E-state index is 14.5. The summed E-state index contributed by atoms with van der Waals surface area (Å²) >= 11 is 0. The van der Waals surface area contributed by atoms with Crippen LogP contribution in [-0.4, -0.2) is 71.0 Å². The zero-order valence-corrected chi connectivity index (χ0v) is 22.5. The number of carbonyl (C=O) groups is 4. The van der Waals surface area contributed by atoms with Crippen molar-refractivity contribution in [2.45, 2.75) is 44.8 Å². The van der Waals surface area contributed by atoms with E-state index in [0.29, 0.717) is 17.0 Å². The molecule has 1 aromatic heterocycles. The van der Waals surface area contributed by atoms with Gasteiger partial charge in [0, 0.05) is 12.5 Å². The number of carboxylic acids is 3. The molecule has 15 heteroatoms. The highest BCUT2D eigenvalue weighted by Gasteiger charge is 2.40. The van der Waals surface area contributed by atoms with Gasteiger partial charge in [0.1, 0.15) is 25.2 Å². The van der Waals surface area contributed by atoms with Crippen molar-refractivity contribution < 1.29 is 53.7 Å². The third-order valence-corrected chi connectivity index (χ3v) is 6.00. The van der Waals surface area contributed by atoms with Crippen LogP contribution in [0.5, 0.6) is 0 Å². The Hall–Kier alpha value is -5.18. The predicted octanol–water partition coefficient (Wildman–Crippen LogP) is 3.00. The number of benzene rings is 2. The molecule has 0 aliphatic rings. The van der Waals surface area contributed by atoms with E-state index >= 15 is 0 Å². The monoisotopic (exact) mass is 589 g/mol. The molecule has 224 valence electrons. The summed E-state index contributed by atoms with van der Waals surface area (Å²) in [5, 5.41) is 44.8. The average molecular weight is 590 g/mol. The predicted molar refractivity (Wildman–Crippen MR) is 142 cm³/mol. The summed E-state index contributed by atoms with van der Waals surface area (Å²) in [4.78, 5) is 57.2. The standard InChI is InChI=1S/C21H20FN3O4.C6H8O7/c1-14(17-8-9-18(19(22)12-17)16-6-4-3-5-7-16)21(26)29-11-10-24-15(2)23-13-20(24)25(27)28;7-3(8)1-6(13,5(11)12)2-4(9)10/h3-9,12-14H,10-11H2,1-2H3;13H,1-2H2,(H,7,8)(H,9,10)(H,11,12)/t14-;/m0./s1. The first-order valence-electron chi connectivity index (χ1n) is 12.2. The molecule has 0 aliphatic heterocycles. The van der Waals surface area contributed by atoms with Crippen LogP contribution in [0.4, 0.5) is 10.2 Å². The molecule has 3 aromatic rings. The van der Waals surface area contributed by atoms with E-state index in [1.807, 2.05) is 30.3 Å². The summed E-state index contributed by atoms with van der Waals surface area (Å²) in [7, 11) is 0. The number of hydrogen-bond acceptors (Lipinski definition) is 9. The molecular formula is C27H28FN3O11. The van der Waals surface area contributed by atoms with E-state index < -0.39 is 59.0 Å². The van der Waals surface area contributed by atoms with Crippen molar-refractivity contribution in [3.05, 3.63) is 82.0 Å². The summed E-state index contributed by atoms with van der Waals surface area (Å²) < 4.78 is 21.1. The lowest BCUT2D eigenvalue weighted by Crippen LogP contribution is -2.42. The number of imidazole rings is 1. The molecule has 3 rings (SSSR count). The molecule has 0 bridgehead atoms. The van der Waals surface area contributed by atoms with Crippen LogP contribution in [0.25, 0.3) is 11.1 Å². The Balaban J connectivity index is 0.000000401. The third kappa shape index (κ3) is 8.92. The second kappa shape index (κ2) is 14.5. The lowest BCUT2D eigenvalue weighted by atomic mass is 9.96. The molecule has 0 aliphatic carbocycles. The smallest absolute Gasteiger partial charge is 0.342 e. The SMILES string of the molecule is Cc1ncc([N+](=O)[O-])n1CCOC(=O)[C@@H](C)c1ccc(-c2ccccc2)c(F)c1.O=C(O)CC(O)(CC(=O)O)C(=O)O. The first kappa shape index (κ1) is 33.0. The van der Waals surface area contributed by atoms with Gasteiger partial charge in [-0.2, -0.15) is 0 Å². The van der Waals surface area contributed by atoms with Crippen molar-refractivity contribution in [2.24, 2.45) is 0 Å². The number of aliphatic hydroxyl groups is 1. The number of carboxylic acid groups (broad SMARTS) is 3. The van der Waals surface area contributed by atoms with Gasteiger partial charge in [-0.25, -0.2) is 18.7 Å². The first-order valence-corrected chi connectivity index (χ1v) is 12.2. The highest BCUT2D eigenvalue weighted by atomic mass is 19.1. The van der Waals surface area contributed by atoms with Crippen LogP contribution in [0.15, 0.2) is 54.7 Å². The fourth-order valence-corrected chi connectivity index (χ4v) is 3.74. The minimum atomic E-state index is -2.74. The van der Waals surface area contributed by atoms with E-state index in [4.69, 9.17) is 25.2 Å². The molecule has 0 radical (unpaired) electrons. The fraction of sp³-hybridized carbons (Fsp3) is 0.296. The molecule has 2 aromatic carbocycles. The number of esters is 1. The molecule has 0 fully saturated rings. The van der Waals surface area contributed by atoms with Gasteiger partial charge in [-0.1, -0.05) is 42.5 Å². The molecule has 1 heterocycles.